The van der Waals surface area contributed by atoms with E-state index in [2.05, 4.69) is 31.5 Å². The molecule has 1 amide bonds. The van der Waals surface area contributed by atoms with Crippen LogP contribution in [-0.4, -0.2) is 55.6 Å². The van der Waals surface area contributed by atoms with Crippen LogP contribution in [0, 0.1) is 6.92 Å². The first-order valence-corrected chi connectivity index (χ1v) is 12.2. The number of hydrogen-bond donors (Lipinski definition) is 2. The van der Waals surface area contributed by atoms with Gasteiger partial charge < -0.3 is 0 Å². The van der Waals surface area contributed by atoms with Gasteiger partial charge in [-0.3, -0.25) is 0 Å². The molecule has 29 heavy (non-hydrogen) atoms. The monoisotopic (exact) mass is 539 g/mol. The molecule has 10 heteroatoms. The Morgan fingerprint density at radius 1 is 1.21 bits per heavy atom. The molecule has 2 heterocycles. The Morgan fingerprint density at radius 2 is 1.93 bits per heavy atom. The molecule has 154 valence electrons. The molecule has 0 saturated heterocycles. The van der Waals surface area contributed by atoms with E-state index >= 15 is 0 Å². The van der Waals surface area contributed by atoms with Gasteiger partial charge in [0.2, 0.25) is 0 Å². The van der Waals surface area contributed by atoms with Gasteiger partial charge in [0.25, 0.3) is 0 Å². The van der Waals surface area contributed by atoms with E-state index in [9.17, 15) is 9.59 Å². The van der Waals surface area contributed by atoms with Gasteiger partial charge in [-0.2, -0.15) is 0 Å². The van der Waals surface area contributed by atoms with E-state index in [4.69, 9.17) is 0 Å². The third kappa shape index (κ3) is 6.35. The summed E-state index contributed by atoms with van der Waals surface area (Å²) < 4.78 is 5.80. The molecule has 0 unspecified atom stereocenters. The summed E-state index contributed by atoms with van der Waals surface area (Å²) in [4.78, 5) is 29.1. The first kappa shape index (κ1) is 25.3. The van der Waals surface area contributed by atoms with E-state index < -0.39 is 22.7 Å². The summed E-state index contributed by atoms with van der Waals surface area (Å²) in [5.74, 6) is 0.274. The normalized spacial score (nSPS) is 11.7. The fraction of sp³-hybridized carbons (Fsp3) is 0.263. The zero-order valence-corrected chi connectivity index (χ0v) is 21.2. The minimum atomic E-state index is -1.32. The number of benzene rings is 1. The Kier molecular flexibility index (Phi) is 10.5. The summed E-state index contributed by atoms with van der Waals surface area (Å²) in [5, 5.41) is 5.80. The number of amides is 1. The van der Waals surface area contributed by atoms with Gasteiger partial charge in [-0.15, -0.1) is 24.8 Å². The van der Waals surface area contributed by atoms with Crippen molar-refractivity contribution in [1.29, 1.82) is 0 Å². The van der Waals surface area contributed by atoms with Crippen LogP contribution in [0.5, 0.6) is 0 Å². The van der Waals surface area contributed by atoms with Crippen molar-refractivity contribution in [3.8, 4) is 0 Å². The second-order valence-electron chi connectivity index (χ2n) is 6.22. The van der Waals surface area contributed by atoms with E-state index in [1.54, 1.807) is 17.9 Å². The number of halogens is 2. The molecule has 1 aliphatic rings. The standard InChI is InChI=1S/C19H22N5O2.2ClH.In/c1-4-16(12-17(25)20-3)23-24-14(2)13-22-18(19(24)26)21-11-10-15-8-6-5-7-9-15;;;/h1,4-9,13H,10-12H2,2-3H3,(H,20,25)(H,21,22);2*1H;/q-1;;;+1. The summed E-state index contributed by atoms with van der Waals surface area (Å²) >= 11 is -1.32. The maximum Gasteiger partial charge on any atom is -0.147 e. The van der Waals surface area contributed by atoms with Gasteiger partial charge >= 0.3 is 170 Å². The quantitative estimate of drug-likeness (QED) is 0.557. The molecule has 0 spiro atoms. The molecule has 1 aromatic carbocycles. The van der Waals surface area contributed by atoms with Crippen LogP contribution in [0.3, 0.4) is 0 Å². The molecule has 2 aromatic rings. The fourth-order valence-corrected chi connectivity index (χ4v) is 6.48. The molecule has 1 aliphatic heterocycles. The maximum absolute atomic E-state index is 13.0. The van der Waals surface area contributed by atoms with Crippen molar-refractivity contribution < 1.29 is 4.79 Å². The van der Waals surface area contributed by atoms with Crippen molar-refractivity contribution in [3.63, 3.8) is 0 Å². The van der Waals surface area contributed by atoms with Crippen LogP contribution >= 0.6 is 24.8 Å². The predicted molar refractivity (Wildman–Crippen MR) is 123 cm³/mol. The molecule has 0 bridgehead atoms. The molecule has 0 aliphatic carbocycles. The number of nitrogens with one attached hydrogen (secondary N) is 2. The van der Waals surface area contributed by atoms with E-state index in [-0.39, 0.29) is 42.7 Å². The van der Waals surface area contributed by atoms with Crippen molar-refractivity contribution in [2.75, 3.05) is 21.9 Å². The van der Waals surface area contributed by atoms with Crippen LogP contribution in [0.15, 0.2) is 53.1 Å². The Balaban J connectivity index is 0.00000210. The fourth-order valence-electron chi connectivity index (χ4n) is 2.88. The molecule has 0 saturated carbocycles. The Morgan fingerprint density at radius 3 is 2.62 bits per heavy atom. The zero-order chi connectivity index (χ0) is 19.2. The smallest absolute Gasteiger partial charge is 0.147 e. The van der Waals surface area contributed by atoms with Gasteiger partial charge in [-0.05, 0) is 0 Å². The van der Waals surface area contributed by atoms with Crippen molar-refractivity contribution in [2.45, 2.75) is 19.8 Å². The Hall–Kier alpha value is -1.77. The molecule has 2 N–H and O–H groups in total. The number of nitrogens with zero attached hydrogens (tertiary/aromatic N) is 3. The number of allylic oxidation sites excluding steroid dienone is 1. The molecular formula is C19H24Cl2InN5O2. The third-order valence-corrected chi connectivity index (χ3v) is 7.76. The Labute approximate surface area is 193 Å². The number of carbonyl (C=O) groups excluding carboxylic acids is 1. The number of aromatic nitrogens is 2. The average Bonchev–Trinajstić information content (AvgIpc) is 3.12. The second kappa shape index (κ2) is 12.0. The molecule has 0 radical (unpaired) electrons. The van der Waals surface area contributed by atoms with Gasteiger partial charge in [0.15, 0.2) is 0 Å². The summed E-state index contributed by atoms with van der Waals surface area (Å²) in [6.45, 7) is 2.49. The van der Waals surface area contributed by atoms with Crippen LogP contribution < -0.4 is 19.2 Å². The van der Waals surface area contributed by atoms with E-state index in [0.29, 0.717) is 12.4 Å². The van der Waals surface area contributed by atoms with Crippen LogP contribution in [0.4, 0.5) is 5.82 Å². The van der Waals surface area contributed by atoms with Gasteiger partial charge in [-0.1, -0.05) is 0 Å². The largest absolute Gasteiger partial charge is 0.147 e. The van der Waals surface area contributed by atoms with Crippen molar-refractivity contribution in [2.24, 2.45) is 0 Å². The summed E-state index contributed by atoms with van der Waals surface area (Å²) in [6, 6.07) is 10.1. The molecule has 7 nitrogen and oxygen atoms in total. The molecule has 1 aromatic heterocycles. The van der Waals surface area contributed by atoms with Gasteiger partial charge in [-0.25, -0.2) is 0 Å². The van der Waals surface area contributed by atoms with Gasteiger partial charge in [0.05, 0.1) is 0 Å². The second-order valence-corrected chi connectivity index (χ2v) is 9.57. The van der Waals surface area contributed by atoms with Crippen molar-refractivity contribution in [3.05, 3.63) is 69.9 Å². The number of anilines is 1. The molecular weight excluding hydrogens is 516 g/mol. The van der Waals surface area contributed by atoms with Crippen molar-refractivity contribution in [1.82, 2.24) is 15.0 Å². The number of carbonyl (C=O) groups is 1. The van der Waals surface area contributed by atoms with Gasteiger partial charge in [0.1, 0.15) is 0 Å². The van der Waals surface area contributed by atoms with Crippen LogP contribution in [0.2, 0.25) is 0 Å². The number of hydrogen-bond acceptors (Lipinski definition) is 5. The summed E-state index contributed by atoms with van der Waals surface area (Å²) in [7, 11) is 1.62. The third-order valence-electron chi connectivity index (χ3n) is 4.30. The van der Waals surface area contributed by atoms with Gasteiger partial charge in [0, 0.05) is 0 Å². The van der Waals surface area contributed by atoms with E-state index in [1.165, 1.54) is 5.56 Å². The molecule has 0 fully saturated rings. The first-order chi connectivity index (χ1) is 13.1. The molecule has 3 rings (SSSR count). The summed E-state index contributed by atoms with van der Waals surface area (Å²) in [6.07, 6.45) is 4.74. The maximum atomic E-state index is 13.0. The number of aryl methyl sites for hydroxylation is 1. The minimum absolute atomic E-state index is 0. The van der Waals surface area contributed by atoms with Crippen LogP contribution in [0.1, 0.15) is 17.7 Å². The van der Waals surface area contributed by atoms with Crippen molar-refractivity contribution >= 4 is 63.0 Å². The Bertz CT molecular complexity index is 947. The predicted octanol–water partition coefficient (Wildman–Crippen LogP) is 1.44. The zero-order valence-electron chi connectivity index (χ0n) is 16.3. The molecule has 0 atom stereocenters. The minimum Gasteiger partial charge on any atom is -0.147 e. The topological polar surface area (TPSA) is 79.3 Å². The first-order valence-electron chi connectivity index (χ1n) is 8.84. The van der Waals surface area contributed by atoms with Crippen LogP contribution in [-0.2, 0) is 11.2 Å². The summed E-state index contributed by atoms with van der Waals surface area (Å²) in [5.41, 5.74) is 2.66. The van der Waals surface area contributed by atoms with E-state index in [0.717, 1.165) is 17.8 Å². The van der Waals surface area contributed by atoms with E-state index in [1.807, 2.05) is 34.2 Å². The SMILES string of the molecule is CNC(=O)CC1=C[CH]=[In][N]1n1c(C)cnc(NCCc2ccccc2)c1=O.Cl.Cl. The van der Waals surface area contributed by atoms with Crippen LogP contribution in [0.25, 0.3) is 0 Å². The number of rotatable bonds is 7. The average molecular weight is 540 g/mol.